The van der Waals surface area contributed by atoms with Crippen molar-refractivity contribution in [3.05, 3.63) is 29.8 Å². The van der Waals surface area contributed by atoms with Crippen LogP contribution in [0, 0.1) is 5.92 Å². The van der Waals surface area contributed by atoms with Crippen LogP contribution in [0.1, 0.15) is 45.1 Å². The lowest BCUT2D eigenvalue weighted by Gasteiger charge is -2.31. The fraction of sp³-hybridized carbons (Fsp3) is 0.636. The monoisotopic (exact) mass is 389 g/mol. The predicted octanol–water partition coefficient (Wildman–Crippen LogP) is 2.45. The number of methoxy groups -OCH3 is 1. The minimum Gasteiger partial charge on any atom is -0.497 e. The van der Waals surface area contributed by atoms with E-state index >= 15 is 0 Å². The van der Waals surface area contributed by atoms with Crippen molar-refractivity contribution < 1.29 is 14.3 Å². The van der Waals surface area contributed by atoms with Gasteiger partial charge in [-0.2, -0.15) is 0 Å². The van der Waals surface area contributed by atoms with E-state index in [4.69, 9.17) is 10.5 Å². The zero-order valence-electron chi connectivity index (χ0n) is 17.5. The van der Waals surface area contributed by atoms with Crippen LogP contribution in [0.5, 0.6) is 5.75 Å². The average Bonchev–Trinajstić information content (AvgIpc) is 2.71. The molecule has 1 aromatic carbocycles. The number of nitrogens with zero attached hydrogens (tertiary/aromatic N) is 2. The third-order valence-electron chi connectivity index (χ3n) is 5.81. The highest BCUT2D eigenvalue weighted by Crippen LogP contribution is 2.18. The molecular formula is C22H35N3O3. The summed E-state index contributed by atoms with van der Waals surface area (Å²) < 4.78 is 5.22. The summed E-state index contributed by atoms with van der Waals surface area (Å²) >= 11 is 0. The molecule has 0 radical (unpaired) electrons. The van der Waals surface area contributed by atoms with Gasteiger partial charge in [0.05, 0.1) is 7.11 Å². The van der Waals surface area contributed by atoms with Gasteiger partial charge in [0.25, 0.3) is 0 Å². The minimum atomic E-state index is -0.239. The summed E-state index contributed by atoms with van der Waals surface area (Å²) in [5.74, 6) is 0.763. The van der Waals surface area contributed by atoms with E-state index in [0.717, 1.165) is 31.7 Å². The zero-order chi connectivity index (χ0) is 20.5. The van der Waals surface area contributed by atoms with E-state index in [9.17, 15) is 9.59 Å². The minimum absolute atomic E-state index is 0.0709. The van der Waals surface area contributed by atoms with Gasteiger partial charge in [-0.05, 0) is 63.4 Å². The van der Waals surface area contributed by atoms with E-state index in [2.05, 4.69) is 30.9 Å². The summed E-state index contributed by atoms with van der Waals surface area (Å²) in [6.45, 7) is 7.59. The number of carbonyl (C=O) groups is 2. The maximum Gasteiger partial charge on any atom is 0.222 e. The van der Waals surface area contributed by atoms with Crippen molar-refractivity contribution in [3.63, 3.8) is 0 Å². The molecule has 1 fully saturated rings. The number of hydrogen-bond donors (Lipinski definition) is 1. The Bertz CT molecular complexity index is 624. The summed E-state index contributed by atoms with van der Waals surface area (Å²) in [6.07, 6.45) is 3.79. The lowest BCUT2D eigenvalue weighted by molar-refractivity contribution is -0.135. The van der Waals surface area contributed by atoms with Gasteiger partial charge in [-0.25, -0.2) is 0 Å². The summed E-state index contributed by atoms with van der Waals surface area (Å²) in [5.41, 5.74) is 6.65. The molecule has 0 bridgehead atoms. The fourth-order valence-electron chi connectivity index (χ4n) is 3.93. The molecule has 6 heteroatoms. The Morgan fingerprint density at radius 2 is 1.89 bits per heavy atom. The molecule has 1 aliphatic heterocycles. The lowest BCUT2D eigenvalue weighted by Crippen LogP contribution is -2.42. The van der Waals surface area contributed by atoms with Crippen LogP contribution in [-0.2, 0) is 16.0 Å². The number of primary amides is 1. The molecule has 1 heterocycles. The number of benzene rings is 1. The molecule has 6 nitrogen and oxygen atoms in total. The summed E-state index contributed by atoms with van der Waals surface area (Å²) in [5, 5.41) is 0. The molecule has 0 spiro atoms. The highest BCUT2D eigenvalue weighted by atomic mass is 16.5. The van der Waals surface area contributed by atoms with E-state index in [1.54, 1.807) is 7.11 Å². The maximum atomic E-state index is 12.4. The fourth-order valence-corrected chi connectivity index (χ4v) is 3.93. The number of likely N-dealkylation sites (N-methyl/N-ethyl adjacent to an activating group) is 1. The van der Waals surface area contributed by atoms with Crippen LogP contribution in [0.4, 0.5) is 0 Å². The van der Waals surface area contributed by atoms with E-state index in [0.29, 0.717) is 38.4 Å². The van der Waals surface area contributed by atoms with Gasteiger partial charge < -0.3 is 20.3 Å². The van der Waals surface area contributed by atoms with Crippen LogP contribution in [0.25, 0.3) is 0 Å². The van der Waals surface area contributed by atoms with Crippen LogP contribution < -0.4 is 10.5 Å². The van der Waals surface area contributed by atoms with Gasteiger partial charge in [0, 0.05) is 31.5 Å². The number of nitrogens with two attached hydrogens (primary N) is 1. The summed E-state index contributed by atoms with van der Waals surface area (Å²) in [4.78, 5) is 28.0. The first-order valence-electron chi connectivity index (χ1n) is 10.4. The molecule has 0 saturated carbocycles. The van der Waals surface area contributed by atoms with Crippen molar-refractivity contribution in [1.29, 1.82) is 0 Å². The summed E-state index contributed by atoms with van der Waals surface area (Å²) in [6, 6.07) is 8.64. The summed E-state index contributed by atoms with van der Waals surface area (Å²) in [7, 11) is 1.68. The van der Waals surface area contributed by atoms with Gasteiger partial charge in [0.15, 0.2) is 0 Å². The van der Waals surface area contributed by atoms with Gasteiger partial charge in [0.1, 0.15) is 5.75 Å². The highest BCUT2D eigenvalue weighted by Gasteiger charge is 2.25. The second-order valence-electron chi connectivity index (χ2n) is 7.69. The number of piperidine rings is 1. The second-order valence-corrected chi connectivity index (χ2v) is 7.69. The molecule has 1 aliphatic rings. The molecule has 156 valence electrons. The van der Waals surface area contributed by atoms with Gasteiger partial charge in [-0.15, -0.1) is 0 Å². The molecular weight excluding hydrogens is 354 g/mol. The normalized spacial score (nSPS) is 16.2. The Kier molecular flexibility index (Phi) is 8.77. The molecule has 1 atom stereocenters. The van der Waals surface area contributed by atoms with Crippen molar-refractivity contribution in [2.45, 2.75) is 52.0 Å². The molecule has 0 aliphatic carbocycles. The third-order valence-corrected chi connectivity index (χ3v) is 5.81. The largest absolute Gasteiger partial charge is 0.497 e. The Balaban J connectivity index is 1.73. The number of carbonyl (C=O) groups excluding carboxylic acids is 2. The van der Waals surface area contributed by atoms with Crippen LogP contribution >= 0.6 is 0 Å². The van der Waals surface area contributed by atoms with E-state index in [1.165, 1.54) is 5.56 Å². The zero-order valence-corrected chi connectivity index (χ0v) is 17.5. The first-order valence-corrected chi connectivity index (χ1v) is 10.4. The van der Waals surface area contributed by atoms with E-state index in [-0.39, 0.29) is 17.7 Å². The smallest absolute Gasteiger partial charge is 0.222 e. The van der Waals surface area contributed by atoms with Crippen LogP contribution in [0.2, 0.25) is 0 Å². The third kappa shape index (κ3) is 6.51. The molecule has 28 heavy (non-hydrogen) atoms. The Labute approximate surface area is 169 Å². The number of ether oxygens (including phenoxy) is 1. The number of amides is 2. The molecule has 1 aromatic rings. The van der Waals surface area contributed by atoms with E-state index < -0.39 is 0 Å². The molecule has 2 N–H and O–H groups in total. The Morgan fingerprint density at radius 1 is 1.25 bits per heavy atom. The standard InChI is InChI=1S/C22H35N3O3/c1-4-24(17(2)16-18-7-9-20(28-3)10-8-18)13-5-6-21(26)25-14-11-19(12-15-25)22(23)27/h7-10,17,19H,4-6,11-16H2,1-3H3,(H2,23,27). The highest BCUT2D eigenvalue weighted by molar-refractivity contribution is 5.78. The SMILES string of the molecule is CCN(CCCC(=O)N1CCC(C(N)=O)CC1)C(C)Cc1ccc(OC)cc1. The van der Waals surface area contributed by atoms with Crippen LogP contribution in [-0.4, -0.2) is 60.9 Å². The van der Waals surface area contributed by atoms with Gasteiger partial charge in [-0.1, -0.05) is 19.1 Å². The molecule has 0 aromatic heterocycles. The van der Waals surface area contributed by atoms with Crippen molar-refractivity contribution in [2.24, 2.45) is 11.7 Å². The number of rotatable bonds is 10. The quantitative estimate of drug-likeness (QED) is 0.667. The predicted molar refractivity (Wildman–Crippen MR) is 111 cm³/mol. The van der Waals surface area contributed by atoms with Crippen molar-refractivity contribution in [2.75, 3.05) is 33.3 Å². The Morgan fingerprint density at radius 3 is 2.43 bits per heavy atom. The average molecular weight is 390 g/mol. The number of likely N-dealkylation sites (tertiary alicyclic amines) is 1. The molecule has 1 saturated heterocycles. The van der Waals surface area contributed by atoms with Crippen molar-refractivity contribution in [1.82, 2.24) is 9.80 Å². The molecule has 2 rings (SSSR count). The molecule has 1 unspecified atom stereocenters. The lowest BCUT2D eigenvalue weighted by atomic mass is 9.96. The topological polar surface area (TPSA) is 75.9 Å². The maximum absolute atomic E-state index is 12.4. The van der Waals surface area contributed by atoms with Crippen molar-refractivity contribution >= 4 is 11.8 Å². The first kappa shape index (κ1) is 22.2. The van der Waals surface area contributed by atoms with Gasteiger partial charge in [0.2, 0.25) is 11.8 Å². The first-order chi connectivity index (χ1) is 13.4. The van der Waals surface area contributed by atoms with E-state index in [1.807, 2.05) is 17.0 Å². The van der Waals surface area contributed by atoms with Gasteiger partial charge >= 0.3 is 0 Å². The van der Waals surface area contributed by atoms with Crippen LogP contribution in [0.3, 0.4) is 0 Å². The number of hydrogen-bond acceptors (Lipinski definition) is 4. The second kappa shape index (κ2) is 11.1. The molecule has 2 amide bonds. The van der Waals surface area contributed by atoms with Gasteiger partial charge in [-0.3, -0.25) is 9.59 Å². The van der Waals surface area contributed by atoms with Crippen molar-refractivity contribution in [3.8, 4) is 5.75 Å². The Hall–Kier alpha value is -2.08. The van der Waals surface area contributed by atoms with Crippen LogP contribution in [0.15, 0.2) is 24.3 Å².